The molecule has 0 spiro atoms. The Balaban J connectivity index is 0.00000420. The Morgan fingerprint density at radius 1 is 1.03 bits per heavy atom. The Bertz CT molecular complexity index is 834. The average molecular weight is 456 g/mol. The molecule has 0 radical (unpaired) electrons. The molecule has 2 rings (SSSR count). The maximum Gasteiger partial charge on any atom is 0.274 e. The van der Waals surface area contributed by atoms with E-state index in [0.717, 1.165) is 5.56 Å². The number of nitrogens with two attached hydrogens (primary N) is 1. The zero-order valence-electron chi connectivity index (χ0n) is 16.8. The van der Waals surface area contributed by atoms with Gasteiger partial charge in [-0.2, -0.15) is 0 Å². The molecule has 0 aliphatic rings. The molecule has 1 heterocycles. The lowest BCUT2D eigenvalue weighted by Gasteiger charge is -2.15. The molecule has 30 heavy (non-hydrogen) atoms. The SMILES string of the molecule is CC(C)[C@H](N)C(=O)NCC(=O)NCc1cccc(NC(=O)c2ccccn2)c1.Cl.Cl. The van der Waals surface area contributed by atoms with Crippen LogP contribution < -0.4 is 21.7 Å². The minimum Gasteiger partial charge on any atom is -0.350 e. The van der Waals surface area contributed by atoms with E-state index in [4.69, 9.17) is 5.73 Å². The normalized spacial score (nSPS) is 10.8. The summed E-state index contributed by atoms with van der Waals surface area (Å²) in [5.74, 6) is -1.00. The van der Waals surface area contributed by atoms with Crippen LogP contribution in [-0.4, -0.2) is 35.3 Å². The number of benzene rings is 1. The van der Waals surface area contributed by atoms with Gasteiger partial charge in [0.1, 0.15) is 5.69 Å². The molecule has 1 aromatic carbocycles. The molecule has 0 unspecified atom stereocenters. The molecule has 0 saturated carbocycles. The van der Waals surface area contributed by atoms with Crippen LogP contribution in [0.5, 0.6) is 0 Å². The summed E-state index contributed by atoms with van der Waals surface area (Å²) >= 11 is 0. The van der Waals surface area contributed by atoms with Crippen molar-refractivity contribution < 1.29 is 14.4 Å². The first kappa shape index (κ1) is 27.3. The maximum absolute atomic E-state index is 12.1. The second kappa shape index (κ2) is 13.5. The number of hydrogen-bond acceptors (Lipinski definition) is 5. The minimum atomic E-state index is -0.646. The summed E-state index contributed by atoms with van der Waals surface area (Å²) < 4.78 is 0. The largest absolute Gasteiger partial charge is 0.350 e. The maximum atomic E-state index is 12.1. The van der Waals surface area contributed by atoms with Crippen molar-refractivity contribution in [2.24, 2.45) is 11.7 Å². The summed E-state index contributed by atoms with van der Waals surface area (Å²) in [6.45, 7) is 3.79. The number of aromatic nitrogens is 1. The summed E-state index contributed by atoms with van der Waals surface area (Å²) in [7, 11) is 0. The van der Waals surface area contributed by atoms with Crippen LogP contribution in [0, 0.1) is 5.92 Å². The van der Waals surface area contributed by atoms with Crippen LogP contribution in [0.15, 0.2) is 48.7 Å². The topological polar surface area (TPSA) is 126 Å². The van der Waals surface area contributed by atoms with Crippen molar-refractivity contribution in [2.45, 2.75) is 26.4 Å². The van der Waals surface area contributed by atoms with Gasteiger partial charge in [0.25, 0.3) is 5.91 Å². The molecular formula is C20H27Cl2N5O3. The van der Waals surface area contributed by atoms with E-state index in [2.05, 4.69) is 20.9 Å². The first-order chi connectivity index (χ1) is 13.4. The van der Waals surface area contributed by atoms with Gasteiger partial charge in [-0.15, -0.1) is 24.8 Å². The van der Waals surface area contributed by atoms with Crippen LogP contribution in [0.2, 0.25) is 0 Å². The van der Waals surface area contributed by atoms with Gasteiger partial charge in [-0.3, -0.25) is 19.4 Å². The molecule has 0 bridgehead atoms. The number of halogens is 2. The molecule has 0 fully saturated rings. The number of nitrogens with zero attached hydrogens (tertiary/aromatic N) is 1. The lowest BCUT2D eigenvalue weighted by molar-refractivity contribution is -0.127. The smallest absolute Gasteiger partial charge is 0.274 e. The molecule has 10 heteroatoms. The molecular weight excluding hydrogens is 429 g/mol. The second-order valence-corrected chi connectivity index (χ2v) is 6.63. The number of carbonyl (C=O) groups is 3. The number of pyridine rings is 1. The van der Waals surface area contributed by atoms with Crippen molar-refractivity contribution in [1.82, 2.24) is 15.6 Å². The standard InChI is InChI=1S/C20H25N5O3.2ClH/c1-13(2)18(21)20(28)24-12-17(26)23-11-14-6-5-7-15(10-14)25-19(27)16-8-3-4-9-22-16;;/h3-10,13,18H,11-12,21H2,1-2H3,(H,23,26)(H,24,28)(H,25,27);2*1H/t18-;;/m0../s1. The zero-order valence-corrected chi connectivity index (χ0v) is 18.4. The predicted octanol–water partition coefficient (Wildman–Crippen LogP) is 1.89. The van der Waals surface area contributed by atoms with Gasteiger partial charge in [-0.05, 0) is 35.7 Å². The number of carbonyl (C=O) groups excluding carboxylic acids is 3. The van der Waals surface area contributed by atoms with Crippen LogP contribution in [0.1, 0.15) is 29.9 Å². The molecule has 1 atom stereocenters. The highest BCUT2D eigenvalue weighted by Crippen LogP contribution is 2.11. The van der Waals surface area contributed by atoms with Crippen molar-refractivity contribution in [1.29, 1.82) is 0 Å². The summed E-state index contributed by atoms with van der Waals surface area (Å²) in [5.41, 5.74) is 7.44. The van der Waals surface area contributed by atoms with E-state index in [1.54, 1.807) is 42.6 Å². The Morgan fingerprint density at radius 2 is 1.77 bits per heavy atom. The fourth-order valence-corrected chi connectivity index (χ4v) is 2.30. The van der Waals surface area contributed by atoms with E-state index in [1.165, 1.54) is 0 Å². The molecule has 1 aromatic heterocycles. The fourth-order valence-electron chi connectivity index (χ4n) is 2.30. The number of anilines is 1. The lowest BCUT2D eigenvalue weighted by atomic mass is 10.1. The van der Waals surface area contributed by atoms with Crippen molar-refractivity contribution >= 4 is 48.2 Å². The molecule has 3 amide bonds. The van der Waals surface area contributed by atoms with Crippen LogP contribution >= 0.6 is 24.8 Å². The quantitative estimate of drug-likeness (QED) is 0.483. The van der Waals surface area contributed by atoms with E-state index in [9.17, 15) is 14.4 Å². The van der Waals surface area contributed by atoms with E-state index < -0.39 is 6.04 Å². The van der Waals surface area contributed by atoms with Gasteiger partial charge in [0.2, 0.25) is 11.8 Å². The average Bonchev–Trinajstić information content (AvgIpc) is 2.70. The van der Waals surface area contributed by atoms with Gasteiger partial charge in [0.15, 0.2) is 0 Å². The summed E-state index contributed by atoms with van der Waals surface area (Å²) in [6.07, 6.45) is 1.55. The number of rotatable bonds is 8. The van der Waals surface area contributed by atoms with Crippen LogP contribution in [0.4, 0.5) is 5.69 Å². The minimum absolute atomic E-state index is 0. The Kier molecular flexibility index (Phi) is 12.3. The van der Waals surface area contributed by atoms with E-state index in [0.29, 0.717) is 11.4 Å². The monoisotopic (exact) mass is 455 g/mol. The Hall–Kier alpha value is -2.68. The molecule has 0 aliphatic heterocycles. The molecule has 0 aliphatic carbocycles. The third-order valence-corrected chi connectivity index (χ3v) is 4.02. The fraction of sp³-hybridized carbons (Fsp3) is 0.300. The second-order valence-electron chi connectivity index (χ2n) is 6.63. The number of hydrogen-bond donors (Lipinski definition) is 4. The first-order valence-electron chi connectivity index (χ1n) is 8.98. The predicted molar refractivity (Wildman–Crippen MR) is 121 cm³/mol. The van der Waals surface area contributed by atoms with Gasteiger partial charge in [0, 0.05) is 18.4 Å². The molecule has 164 valence electrons. The highest BCUT2D eigenvalue weighted by Gasteiger charge is 2.17. The summed E-state index contributed by atoms with van der Waals surface area (Å²) in [4.78, 5) is 39.8. The molecule has 0 saturated heterocycles. The van der Waals surface area contributed by atoms with Crippen LogP contribution in [-0.2, 0) is 16.1 Å². The third-order valence-electron chi connectivity index (χ3n) is 4.02. The van der Waals surface area contributed by atoms with E-state index in [-0.39, 0.29) is 61.5 Å². The Morgan fingerprint density at radius 3 is 2.40 bits per heavy atom. The molecule has 2 aromatic rings. The van der Waals surface area contributed by atoms with E-state index >= 15 is 0 Å². The lowest BCUT2D eigenvalue weighted by Crippen LogP contribution is -2.47. The van der Waals surface area contributed by atoms with Crippen molar-refractivity contribution in [3.8, 4) is 0 Å². The van der Waals surface area contributed by atoms with Crippen molar-refractivity contribution in [3.05, 3.63) is 59.9 Å². The first-order valence-corrected chi connectivity index (χ1v) is 8.98. The van der Waals surface area contributed by atoms with Gasteiger partial charge in [-0.25, -0.2) is 0 Å². The summed E-state index contributed by atoms with van der Waals surface area (Å²) in [5, 5.41) is 8.00. The van der Waals surface area contributed by atoms with Gasteiger partial charge in [0.05, 0.1) is 12.6 Å². The highest BCUT2D eigenvalue weighted by atomic mass is 35.5. The highest BCUT2D eigenvalue weighted by molar-refractivity contribution is 6.02. The van der Waals surface area contributed by atoms with Crippen molar-refractivity contribution in [2.75, 3.05) is 11.9 Å². The number of amides is 3. The van der Waals surface area contributed by atoms with Crippen LogP contribution in [0.3, 0.4) is 0 Å². The third kappa shape index (κ3) is 8.77. The van der Waals surface area contributed by atoms with Crippen LogP contribution in [0.25, 0.3) is 0 Å². The molecule has 5 N–H and O–H groups in total. The van der Waals surface area contributed by atoms with Gasteiger partial charge in [-0.1, -0.05) is 32.0 Å². The van der Waals surface area contributed by atoms with Gasteiger partial charge < -0.3 is 21.7 Å². The Labute approximate surface area is 188 Å². The van der Waals surface area contributed by atoms with Gasteiger partial charge >= 0.3 is 0 Å². The number of nitrogens with one attached hydrogen (secondary N) is 3. The molecule has 8 nitrogen and oxygen atoms in total. The zero-order chi connectivity index (χ0) is 20.5. The van der Waals surface area contributed by atoms with Crippen molar-refractivity contribution in [3.63, 3.8) is 0 Å². The summed E-state index contributed by atoms with van der Waals surface area (Å²) in [6, 6.07) is 11.6. The van der Waals surface area contributed by atoms with E-state index in [1.807, 2.05) is 19.9 Å².